The van der Waals surface area contributed by atoms with Crippen molar-refractivity contribution in [2.75, 3.05) is 11.9 Å². The van der Waals surface area contributed by atoms with Crippen LogP contribution in [0.25, 0.3) is 20.5 Å². The molecule has 0 saturated carbocycles. The Morgan fingerprint density at radius 3 is 2.44 bits per heavy atom. The molecule has 0 aliphatic rings. The summed E-state index contributed by atoms with van der Waals surface area (Å²) in [6, 6.07) is 21.0. The summed E-state index contributed by atoms with van der Waals surface area (Å²) in [4.78, 5) is 23.9. The molecule has 3 aromatic carbocycles. The molecular formula is C29H26F3N3O3S. The van der Waals surface area contributed by atoms with Crippen LogP contribution in [0.2, 0.25) is 0 Å². The van der Waals surface area contributed by atoms with Crippen LogP contribution in [-0.2, 0) is 4.79 Å². The first-order valence-electron chi connectivity index (χ1n) is 12.2. The predicted molar refractivity (Wildman–Crippen MR) is 148 cm³/mol. The Labute approximate surface area is 227 Å². The van der Waals surface area contributed by atoms with Crippen LogP contribution >= 0.6 is 11.3 Å². The minimum Gasteiger partial charge on any atom is -0.481 e. The van der Waals surface area contributed by atoms with Gasteiger partial charge in [0.25, 0.3) is 5.91 Å². The summed E-state index contributed by atoms with van der Waals surface area (Å²) >= 11 is 1.62. The highest BCUT2D eigenvalue weighted by Gasteiger charge is 2.29. The van der Waals surface area contributed by atoms with E-state index < -0.39 is 30.5 Å². The average molecular weight is 554 g/mol. The summed E-state index contributed by atoms with van der Waals surface area (Å²) in [5.41, 5.74) is 2.79. The smallest absolute Gasteiger partial charge is 0.389 e. The van der Waals surface area contributed by atoms with Gasteiger partial charge in [0.05, 0.1) is 12.5 Å². The molecule has 202 valence electrons. The Hall–Kier alpha value is -4.18. The summed E-state index contributed by atoms with van der Waals surface area (Å²) in [6.07, 6.45) is -4.65. The molecule has 0 spiro atoms. The third kappa shape index (κ3) is 7.44. The topological polar surface area (TPSA) is 102 Å². The van der Waals surface area contributed by atoms with Crippen molar-refractivity contribution in [3.8, 4) is 10.4 Å². The van der Waals surface area contributed by atoms with E-state index in [2.05, 4.69) is 16.7 Å². The second-order valence-corrected chi connectivity index (χ2v) is 10.1. The predicted octanol–water partition coefficient (Wildman–Crippen LogP) is 7.27. The number of nitrogens with one attached hydrogen (secondary N) is 3. The van der Waals surface area contributed by atoms with Crippen LogP contribution < -0.4 is 10.6 Å². The minimum absolute atomic E-state index is 0.0322. The van der Waals surface area contributed by atoms with Gasteiger partial charge in [0.2, 0.25) is 0 Å². The molecule has 1 atom stereocenters. The fraction of sp³-hybridized carbons (Fsp3) is 0.207. The molecule has 4 aromatic rings. The average Bonchev–Trinajstić information content (AvgIpc) is 3.35. The van der Waals surface area contributed by atoms with E-state index in [4.69, 9.17) is 10.5 Å². The molecule has 0 radical (unpaired) electrons. The first-order chi connectivity index (χ1) is 18.6. The molecule has 1 unspecified atom stereocenters. The quantitative estimate of drug-likeness (QED) is 0.147. The lowest BCUT2D eigenvalue weighted by molar-refractivity contribution is -0.137. The highest BCUT2D eigenvalue weighted by atomic mass is 32.1. The maximum atomic E-state index is 13.1. The number of alkyl halides is 3. The Balaban J connectivity index is 1.56. The van der Waals surface area contributed by atoms with E-state index in [9.17, 15) is 22.8 Å². The summed E-state index contributed by atoms with van der Waals surface area (Å²) < 4.78 is 40.5. The summed E-state index contributed by atoms with van der Waals surface area (Å²) in [5, 5.41) is 23.4. The van der Waals surface area contributed by atoms with Gasteiger partial charge in [0, 0.05) is 45.6 Å². The monoisotopic (exact) mass is 553 g/mol. The van der Waals surface area contributed by atoms with Crippen LogP contribution in [0, 0.1) is 5.41 Å². The molecule has 10 heteroatoms. The van der Waals surface area contributed by atoms with Crippen molar-refractivity contribution < 1.29 is 27.9 Å². The fourth-order valence-electron chi connectivity index (χ4n) is 4.16. The number of carbonyl (C=O) groups excluding carboxylic acids is 1. The maximum Gasteiger partial charge on any atom is 0.389 e. The molecule has 4 N–H and O–H groups in total. The van der Waals surface area contributed by atoms with Crippen molar-refractivity contribution in [2.45, 2.75) is 31.5 Å². The third-order valence-corrected chi connectivity index (χ3v) is 7.33. The molecule has 1 amide bonds. The van der Waals surface area contributed by atoms with Crippen LogP contribution in [0.5, 0.6) is 0 Å². The highest BCUT2D eigenvalue weighted by Crippen LogP contribution is 2.36. The lowest BCUT2D eigenvalue weighted by Crippen LogP contribution is -2.26. The number of benzene rings is 3. The number of hydrogen-bond acceptors (Lipinski definition) is 5. The summed E-state index contributed by atoms with van der Waals surface area (Å²) in [7, 11) is 0. The molecule has 0 aliphatic carbocycles. The molecule has 1 heterocycles. The normalized spacial score (nSPS) is 12.2. The van der Waals surface area contributed by atoms with Crippen molar-refractivity contribution in [1.29, 1.82) is 5.41 Å². The Kier molecular flexibility index (Phi) is 8.65. The molecular weight excluding hydrogens is 527 g/mol. The summed E-state index contributed by atoms with van der Waals surface area (Å²) in [5.74, 6) is -1.50. The van der Waals surface area contributed by atoms with Crippen molar-refractivity contribution in [2.24, 2.45) is 0 Å². The van der Waals surface area contributed by atoms with Crippen LogP contribution in [0.4, 0.5) is 18.9 Å². The largest absolute Gasteiger partial charge is 0.481 e. The van der Waals surface area contributed by atoms with Crippen molar-refractivity contribution in [3.05, 3.63) is 89.5 Å². The van der Waals surface area contributed by atoms with Crippen molar-refractivity contribution in [1.82, 2.24) is 5.32 Å². The number of carboxylic acids is 1. The Morgan fingerprint density at radius 1 is 1.03 bits per heavy atom. The van der Waals surface area contributed by atoms with E-state index in [0.717, 1.165) is 20.5 Å². The number of aliphatic carboxylic acids is 1. The van der Waals surface area contributed by atoms with Gasteiger partial charge in [-0.1, -0.05) is 36.4 Å². The number of anilines is 1. The van der Waals surface area contributed by atoms with Gasteiger partial charge in [-0.25, -0.2) is 0 Å². The lowest BCUT2D eigenvalue weighted by Gasteiger charge is -2.23. The van der Waals surface area contributed by atoms with Crippen LogP contribution in [-0.4, -0.2) is 35.9 Å². The molecule has 0 fully saturated rings. The van der Waals surface area contributed by atoms with Gasteiger partial charge < -0.3 is 21.1 Å². The summed E-state index contributed by atoms with van der Waals surface area (Å²) in [6.45, 7) is -0.0322. The van der Waals surface area contributed by atoms with Gasteiger partial charge in [-0.15, -0.1) is 11.3 Å². The molecule has 0 bridgehead atoms. The molecule has 39 heavy (non-hydrogen) atoms. The molecule has 0 aliphatic heterocycles. The van der Waals surface area contributed by atoms with Crippen LogP contribution in [0.1, 0.15) is 46.8 Å². The number of rotatable bonds is 11. The zero-order chi connectivity index (χ0) is 28.0. The standard InChI is InChI=1S/C29H26F3N3O3S/c30-29(31,32)13-11-24(18-5-7-19(8-6-18)28(38)34-14-12-27(36)37)35-23-10-9-21(15-22(23)17-33)26-16-20-3-1-2-4-25(20)39-26/h1-10,15-17,24,33,35H,11-14H2,(H,34,38)(H,36,37). The first kappa shape index (κ1) is 27.8. The van der Waals surface area contributed by atoms with E-state index in [1.165, 1.54) is 18.3 Å². The van der Waals surface area contributed by atoms with E-state index in [0.29, 0.717) is 16.8 Å². The second-order valence-electron chi connectivity index (χ2n) is 8.97. The molecule has 6 nitrogen and oxygen atoms in total. The van der Waals surface area contributed by atoms with Crippen LogP contribution in [0.3, 0.4) is 0 Å². The Morgan fingerprint density at radius 2 is 1.77 bits per heavy atom. The third-order valence-electron chi connectivity index (χ3n) is 6.16. The van der Waals surface area contributed by atoms with Crippen molar-refractivity contribution >= 4 is 45.2 Å². The minimum atomic E-state index is -4.35. The number of thiophene rings is 1. The van der Waals surface area contributed by atoms with Gasteiger partial charge in [-0.05, 0) is 59.3 Å². The van der Waals surface area contributed by atoms with Gasteiger partial charge in [-0.3, -0.25) is 9.59 Å². The zero-order valence-electron chi connectivity index (χ0n) is 20.7. The first-order valence-corrected chi connectivity index (χ1v) is 13.0. The van der Waals surface area contributed by atoms with Gasteiger partial charge in [0.15, 0.2) is 0 Å². The van der Waals surface area contributed by atoms with E-state index >= 15 is 0 Å². The SMILES string of the molecule is N=Cc1cc(-c2cc3ccccc3s2)ccc1NC(CCC(F)(F)F)c1ccc(C(=O)NCCC(=O)O)cc1. The van der Waals surface area contributed by atoms with Crippen LogP contribution in [0.15, 0.2) is 72.8 Å². The van der Waals surface area contributed by atoms with E-state index in [1.54, 1.807) is 29.5 Å². The van der Waals surface area contributed by atoms with E-state index in [1.807, 2.05) is 36.4 Å². The molecule has 4 rings (SSSR count). The Bertz CT molecular complexity index is 1450. The number of amides is 1. The molecule has 0 saturated heterocycles. The maximum absolute atomic E-state index is 13.1. The number of hydrogen-bond donors (Lipinski definition) is 4. The second kappa shape index (κ2) is 12.1. The van der Waals surface area contributed by atoms with Crippen molar-refractivity contribution in [3.63, 3.8) is 0 Å². The number of fused-ring (bicyclic) bond motifs is 1. The number of carbonyl (C=O) groups is 2. The fourth-order valence-corrected chi connectivity index (χ4v) is 5.22. The van der Waals surface area contributed by atoms with E-state index in [-0.39, 0.29) is 24.9 Å². The highest BCUT2D eigenvalue weighted by molar-refractivity contribution is 7.22. The number of carboxylic acid groups (broad SMARTS) is 1. The van der Waals surface area contributed by atoms with Gasteiger partial charge in [-0.2, -0.15) is 13.2 Å². The van der Waals surface area contributed by atoms with Gasteiger partial charge >= 0.3 is 12.1 Å². The number of halogens is 3. The van der Waals surface area contributed by atoms with Gasteiger partial charge in [0.1, 0.15) is 0 Å². The molecule has 1 aromatic heterocycles. The lowest BCUT2D eigenvalue weighted by atomic mass is 9.98. The zero-order valence-corrected chi connectivity index (χ0v) is 21.5.